The molecule has 2 saturated carbocycles. The summed E-state index contributed by atoms with van der Waals surface area (Å²) in [7, 11) is 0. The summed E-state index contributed by atoms with van der Waals surface area (Å²) in [6.45, 7) is 0. The van der Waals surface area contributed by atoms with Gasteiger partial charge in [0.2, 0.25) is 11.3 Å². The third-order valence-electron chi connectivity index (χ3n) is 5.01. The highest BCUT2D eigenvalue weighted by molar-refractivity contribution is 6.99. The van der Waals surface area contributed by atoms with Gasteiger partial charge < -0.3 is 10.6 Å². The first-order valence-corrected chi connectivity index (χ1v) is 9.65. The maximum Gasteiger partial charge on any atom is 0.214 e. The number of aromatic nitrogens is 4. The number of rotatable bonds is 4. The SMILES string of the molecule is C1CCC(Nc2nc3nsnc3nc2NC2CCCCC2)CC1. The predicted molar refractivity (Wildman–Crippen MR) is 94.0 cm³/mol. The molecule has 0 aromatic carbocycles. The highest BCUT2D eigenvalue weighted by atomic mass is 32.1. The van der Waals surface area contributed by atoms with E-state index in [0.717, 1.165) is 11.6 Å². The van der Waals surface area contributed by atoms with Crippen molar-refractivity contribution in [3.8, 4) is 0 Å². The zero-order valence-electron chi connectivity index (χ0n) is 13.4. The van der Waals surface area contributed by atoms with Crippen LogP contribution in [0.1, 0.15) is 64.2 Å². The van der Waals surface area contributed by atoms with Crippen molar-refractivity contribution in [3.05, 3.63) is 0 Å². The Bertz CT molecular complexity index is 591. The lowest BCUT2D eigenvalue weighted by Crippen LogP contribution is -2.27. The minimum Gasteiger partial charge on any atom is -0.364 e. The van der Waals surface area contributed by atoms with Gasteiger partial charge in [-0.1, -0.05) is 38.5 Å². The van der Waals surface area contributed by atoms with Gasteiger partial charge in [-0.2, -0.15) is 8.75 Å². The molecule has 2 fully saturated rings. The van der Waals surface area contributed by atoms with Gasteiger partial charge in [0.05, 0.1) is 11.7 Å². The molecule has 4 rings (SSSR count). The van der Waals surface area contributed by atoms with Gasteiger partial charge in [0, 0.05) is 12.1 Å². The minimum absolute atomic E-state index is 0.508. The Morgan fingerprint density at radius 2 is 1.09 bits per heavy atom. The average molecular weight is 332 g/mol. The first-order valence-electron chi connectivity index (χ1n) is 8.92. The normalized spacial score (nSPS) is 20.7. The molecule has 0 spiro atoms. The number of hydrogen-bond donors (Lipinski definition) is 2. The second-order valence-corrected chi connectivity index (χ2v) is 7.32. The van der Waals surface area contributed by atoms with Crippen LogP contribution >= 0.6 is 11.7 Å². The molecule has 2 heterocycles. The Morgan fingerprint density at radius 1 is 0.652 bits per heavy atom. The summed E-state index contributed by atoms with van der Waals surface area (Å²) in [5, 5.41) is 7.24. The third-order valence-corrected chi connectivity index (χ3v) is 5.52. The lowest BCUT2D eigenvalue weighted by atomic mass is 9.95. The van der Waals surface area contributed by atoms with Crippen LogP contribution in [0.3, 0.4) is 0 Å². The number of hydrogen-bond acceptors (Lipinski definition) is 7. The summed E-state index contributed by atoms with van der Waals surface area (Å²) in [4.78, 5) is 9.39. The van der Waals surface area contributed by atoms with Gasteiger partial charge in [0.1, 0.15) is 0 Å². The second-order valence-electron chi connectivity index (χ2n) is 6.79. The van der Waals surface area contributed by atoms with Crippen LogP contribution in [0.25, 0.3) is 11.3 Å². The van der Waals surface area contributed by atoms with Crippen molar-refractivity contribution < 1.29 is 0 Å². The Kier molecular flexibility index (Phi) is 4.55. The second kappa shape index (κ2) is 6.95. The van der Waals surface area contributed by atoms with Gasteiger partial charge in [-0.15, -0.1) is 0 Å². The summed E-state index contributed by atoms with van der Waals surface area (Å²) in [5.74, 6) is 1.73. The third kappa shape index (κ3) is 3.54. The predicted octanol–water partition coefficient (Wildman–Crippen LogP) is 3.97. The fraction of sp³-hybridized carbons (Fsp3) is 0.750. The van der Waals surface area contributed by atoms with Crippen LogP contribution in [0.15, 0.2) is 0 Å². The van der Waals surface area contributed by atoms with Crippen LogP contribution in [0.5, 0.6) is 0 Å². The van der Waals surface area contributed by atoms with Crippen LogP contribution in [-0.4, -0.2) is 30.8 Å². The molecule has 23 heavy (non-hydrogen) atoms. The van der Waals surface area contributed by atoms with Crippen molar-refractivity contribution in [1.82, 2.24) is 18.7 Å². The molecule has 0 amide bonds. The average Bonchev–Trinajstić information content (AvgIpc) is 3.04. The molecule has 0 bridgehead atoms. The molecule has 0 atom stereocenters. The van der Waals surface area contributed by atoms with Gasteiger partial charge in [-0.25, -0.2) is 9.97 Å². The summed E-state index contributed by atoms with van der Waals surface area (Å²) in [6, 6.07) is 1.02. The highest BCUT2D eigenvalue weighted by Crippen LogP contribution is 2.28. The molecule has 2 aliphatic rings. The number of nitrogens with zero attached hydrogens (tertiary/aromatic N) is 4. The summed E-state index contributed by atoms with van der Waals surface area (Å²) in [6.07, 6.45) is 12.8. The van der Waals surface area contributed by atoms with Crippen molar-refractivity contribution in [2.75, 3.05) is 10.6 Å². The monoisotopic (exact) mass is 332 g/mol. The van der Waals surface area contributed by atoms with Crippen LogP contribution < -0.4 is 10.6 Å². The molecule has 2 aromatic rings. The Balaban J connectivity index is 1.58. The molecule has 2 N–H and O–H groups in total. The standard InChI is InChI=1S/C16H24N6S/c1-3-7-11(8-4-1)17-13-14(18-12-9-5-2-6-10-12)20-16-15(19-13)21-23-22-16/h11-12H,1-10H2,(H,17,19,21)(H,18,20,22). The van der Waals surface area contributed by atoms with E-state index >= 15 is 0 Å². The molecule has 6 nitrogen and oxygen atoms in total. The van der Waals surface area contributed by atoms with Crippen molar-refractivity contribution in [1.29, 1.82) is 0 Å². The molecule has 0 saturated heterocycles. The van der Waals surface area contributed by atoms with Crippen molar-refractivity contribution >= 4 is 34.7 Å². The lowest BCUT2D eigenvalue weighted by Gasteiger charge is -2.27. The Morgan fingerprint density at radius 3 is 1.52 bits per heavy atom. The smallest absolute Gasteiger partial charge is 0.214 e. The quantitative estimate of drug-likeness (QED) is 0.882. The van der Waals surface area contributed by atoms with Crippen molar-refractivity contribution in [2.45, 2.75) is 76.3 Å². The van der Waals surface area contributed by atoms with E-state index in [4.69, 9.17) is 9.97 Å². The van der Waals surface area contributed by atoms with E-state index in [1.807, 2.05) is 0 Å². The molecular weight excluding hydrogens is 308 g/mol. The van der Waals surface area contributed by atoms with E-state index < -0.39 is 0 Å². The number of anilines is 2. The van der Waals surface area contributed by atoms with E-state index in [9.17, 15) is 0 Å². The molecular formula is C16H24N6S. The fourth-order valence-corrected chi connectivity index (χ4v) is 4.16. The Labute approximate surface area is 140 Å². The maximum absolute atomic E-state index is 4.70. The summed E-state index contributed by atoms with van der Waals surface area (Å²) >= 11 is 1.18. The van der Waals surface area contributed by atoms with Gasteiger partial charge >= 0.3 is 0 Å². The molecule has 0 unspecified atom stereocenters. The van der Waals surface area contributed by atoms with Crippen molar-refractivity contribution in [2.24, 2.45) is 0 Å². The van der Waals surface area contributed by atoms with E-state index in [1.54, 1.807) is 0 Å². The van der Waals surface area contributed by atoms with Gasteiger partial charge in [-0.05, 0) is 25.7 Å². The van der Waals surface area contributed by atoms with Gasteiger partial charge in [-0.3, -0.25) is 0 Å². The summed E-state index contributed by atoms with van der Waals surface area (Å²) < 4.78 is 8.50. The molecule has 2 aromatic heterocycles. The van der Waals surface area contributed by atoms with Crippen LogP contribution in [0, 0.1) is 0 Å². The zero-order chi connectivity index (χ0) is 15.5. The molecule has 2 aliphatic carbocycles. The first kappa shape index (κ1) is 15.1. The first-order chi connectivity index (χ1) is 11.4. The minimum atomic E-state index is 0.508. The van der Waals surface area contributed by atoms with Gasteiger partial charge in [0.15, 0.2) is 11.6 Å². The lowest BCUT2D eigenvalue weighted by molar-refractivity contribution is 0.458. The molecule has 0 aliphatic heterocycles. The largest absolute Gasteiger partial charge is 0.364 e. The highest BCUT2D eigenvalue weighted by Gasteiger charge is 2.20. The van der Waals surface area contributed by atoms with E-state index in [0.29, 0.717) is 23.4 Å². The van der Waals surface area contributed by atoms with E-state index in [-0.39, 0.29) is 0 Å². The maximum atomic E-state index is 4.70. The molecule has 0 radical (unpaired) electrons. The topological polar surface area (TPSA) is 75.6 Å². The van der Waals surface area contributed by atoms with Crippen LogP contribution in [0.4, 0.5) is 11.6 Å². The number of nitrogens with one attached hydrogen (secondary N) is 2. The fourth-order valence-electron chi connectivity index (χ4n) is 3.72. The number of fused-ring (bicyclic) bond motifs is 1. The molecule has 7 heteroatoms. The summed E-state index contributed by atoms with van der Waals surface area (Å²) in [5.41, 5.74) is 1.31. The molecule has 124 valence electrons. The van der Waals surface area contributed by atoms with Crippen molar-refractivity contribution in [3.63, 3.8) is 0 Å². The van der Waals surface area contributed by atoms with Crippen LogP contribution in [-0.2, 0) is 0 Å². The van der Waals surface area contributed by atoms with E-state index in [1.165, 1.54) is 75.9 Å². The van der Waals surface area contributed by atoms with Gasteiger partial charge in [0.25, 0.3) is 0 Å². The Hall–Kier alpha value is -1.50. The zero-order valence-corrected chi connectivity index (χ0v) is 14.2. The van der Waals surface area contributed by atoms with E-state index in [2.05, 4.69) is 19.4 Å². The van der Waals surface area contributed by atoms with Crippen LogP contribution in [0.2, 0.25) is 0 Å².